The quantitative estimate of drug-likeness (QED) is 0.544. The second kappa shape index (κ2) is 8.77. The minimum atomic E-state index is -0.0670. The van der Waals surface area contributed by atoms with Crippen molar-refractivity contribution < 1.29 is 9.47 Å². The predicted molar refractivity (Wildman–Crippen MR) is 114 cm³/mol. The van der Waals surface area contributed by atoms with Crippen LogP contribution in [0.25, 0.3) is 0 Å². The molecule has 0 saturated carbocycles. The molecule has 0 amide bonds. The summed E-state index contributed by atoms with van der Waals surface area (Å²) in [6, 6.07) is 6.13. The smallest absolute Gasteiger partial charge is 0.126 e. The van der Waals surface area contributed by atoms with Crippen molar-refractivity contribution in [2.24, 2.45) is 0 Å². The molecule has 1 aromatic carbocycles. The van der Waals surface area contributed by atoms with Crippen molar-refractivity contribution in [3.05, 3.63) is 81.2 Å². The molecule has 1 aliphatic carbocycles. The number of methoxy groups -OCH3 is 1. The molecule has 2 unspecified atom stereocenters. The number of fused-ring (bicyclic) bond motifs is 1. The van der Waals surface area contributed by atoms with Gasteiger partial charge < -0.3 is 14.4 Å². The van der Waals surface area contributed by atoms with Gasteiger partial charge in [0.15, 0.2) is 0 Å². The van der Waals surface area contributed by atoms with Crippen molar-refractivity contribution >= 4 is 23.2 Å². The van der Waals surface area contributed by atoms with Crippen molar-refractivity contribution in [2.75, 3.05) is 13.7 Å². The van der Waals surface area contributed by atoms with Gasteiger partial charge in [0.05, 0.1) is 10.0 Å². The van der Waals surface area contributed by atoms with Gasteiger partial charge in [0.1, 0.15) is 18.5 Å². The molecule has 0 aromatic heterocycles. The monoisotopic (exact) mass is 417 g/mol. The number of hydrogen-bond acceptors (Lipinski definition) is 3. The second-order valence-corrected chi connectivity index (χ2v) is 8.26. The Morgan fingerprint density at radius 2 is 2.04 bits per heavy atom. The first-order valence-corrected chi connectivity index (χ1v) is 10.5. The Labute approximate surface area is 176 Å². The average molecular weight is 418 g/mol. The van der Waals surface area contributed by atoms with Crippen molar-refractivity contribution in [2.45, 2.75) is 44.4 Å². The van der Waals surface area contributed by atoms with Gasteiger partial charge in [0.25, 0.3) is 0 Å². The molecule has 2 aliphatic heterocycles. The molecule has 4 rings (SSSR count). The van der Waals surface area contributed by atoms with Crippen LogP contribution < -0.4 is 0 Å². The molecule has 0 radical (unpaired) electrons. The standard InChI is InChI=1S/C23H25Cl2NO2/c1-27-23-13-17(18-6-8-19-4-2-3-11-26(19)14-18)7-10-22(23)28-15-16-5-9-20(24)21(25)12-16/h2,4-5,7,9-10,12,14,19,23H,3,6,8,11,13,15H2,1H3. The SMILES string of the molecule is COC1CC(C2=CN3CCC=CC3CC2)=CC=C1OCc1ccc(Cl)c(Cl)c1. The molecule has 2 atom stereocenters. The number of allylic oxidation sites excluding steroid dienone is 3. The van der Waals surface area contributed by atoms with Crippen molar-refractivity contribution in [3.63, 3.8) is 0 Å². The highest BCUT2D eigenvalue weighted by atomic mass is 35.5. The summed E-state index contributed by atoms with van der Waals surface area (Å²) in [6.07, 6.45) is 15.4. The molecule has 28 heavy (non-hydrogen) atoms. The first-order chi connectivity index (χ1) is 13.6. The van der Waals surface area contributed by atoms with E-state index in [-0.39, 0.29) is 6.10 Å². The fourth-order valence-electron chi connectivity index (χ4n) is 4.02. The van der Waals surface area contributed by atoms with Crippen molar-refractivity contribution in [1.29, 1.82) is 0 Å². The Morgan fingerprint density at radius 3 is 2.86 bits per heavy atom. The van der Waals surface area contributed by atoms with Crippen LogP contribution in [0, 0.1) is 0 Å². The molecule has 0 spiro atoms. The fraction of sp³-hybridized carbons (Fsp3) is 0.391. The lowest BCUT2D eigenvalue weighted by Gasteiger charge is -2.37. The molecule has 0 N–H and O–H groups in total. The van der Waals surface area contributed by atoms with E-state index in [0.717, 1.165) is 37.1 Å². The van der Waals surface area contributed by atoms with Crippen LogP contribution in [0.3, 0.4) is 0 Å². The van der Waals surface area contributed by atoms with E-state index in [1.807, 2.05) is 18.2 Å². The zero-order chi connectivity index (χ0) is 19.5. The van der Waals surface area contributed by atoms with Gasteiger partial charge in [-0.1, -0.05) is 47.5 Å². The molecular weight excluding hydrogens is 393 g/mol. The van der Waals surface area contributed by atoms with Crippen LogP contribution in [0.15, 0.2) is 65.6 Å². The molecule has 3 nitrogen and oxygen atoms in total. The molecular formula is C23H25Cl2NO2. The van der Waals surface area contributed by atoms with Gasteiger partial charge in [0, 0.05) is 32.3 Å². The lowest BCUT2D eigenvalue weighted by Crippen LogP contribution is -2.35. The number of ether oxygens (including phenoxy) is 2. The van der Waals surface area contributed by atoms with E-state index in [2.05, 4.69) is 29.3 Å². The van der Waals surface area contributed by atoms with Crippen LogP contribution in [0.2, 0.25) is 10.0 Å². The molecule has 1 aromatic rings. The Hall–Kier alpha value is -1.68. The van der Waals surface area contributed by atoms with Gasteiger partial charge in [-0.25, -0.2) is 0 Å². The average Bonchev–Trinajstić information content (AvgIpc) is 2.74. The minimum absolute atomic E-state index is 0.0670. The van der Waals surface area contributed by atoms with Crippen molar-refractivity contribution in [1.82, 2.24) is 4.90 Å². The largest absolute Gasteiger partial charge is 0.490 e. The molecule has 2 heterocycles. The lowest BCUT2D eigenvalue weighted by atomic mass is 9.88. The van der Waals surface area contributed by atoms with Crippen LogP contribution in [-0.2, 0) is 16.1 Å². The van der Waals surface area contributed by atoms with E-state index in [4.69, 9.17) is 32.7 Å². The van der Waals surface area contributed by atoms with E-state index in [9.17, 15) is 0 Å². The summed E-state index contributed by atoms with van der Waals surface area (Å²) in [5, 5.41) is 1.10. The second-order valence-electron chi connectivity index (χ2n) is 7.44. The first kappa shape index (κ1) is 19.6. The maximum Gasteiger partial charge on any atom is 0.126 e. The summed E-state index contributed by atoms with van der Waals surface area (Å²) in [7, 11) is 1.74. The van der Waals surface area contributed by atoms with E-state index >= 15 is 0 Å². The van der Waals surface area contributed by atoms with Gasteiger partial charge in [0.2, 0.25) is 0 Å². The maximum absolute atomic E-state index is 6.09. The van der Waals surface area contributed by atoms with Crippen molar-refractivity contribution in [3.8, 4) is 0 Å². The number of nitrogens with zero attached hydrogens (tertiary/aromatic N) is 1. The summed E-state index contributed by atoms with van der Waals surface area (Å²) < 4.78 is 11.8. The zero-order valence-corrected chi connectivity index (χ0v) is 17.5. The lowest BCUT2D eigenvalue weighted by molar-refractivity contribution is 0.0566. The van der Waals surface area contributed by atoms with E-state index in [0.29, 0.717) is 22.7 Å². The number of rotatable bonds is 5. The molecule has 3 aliphatic rings. The van der Waals surface area contributed by atoms with Gasteiger partial charge in [-0.15, -0.1) is 0 Å². The van der Waals surface area contributed by atoms with E-state index in [1.54, 1.807) is 13.2 Å². The van der Waals surface area contributed by atoms with Crippen LogP contribution in [0.5, 0.6) is 0 Å². The Balaban J connectivity index is 1.46. The Morgan fingerprint density at radius 1 is 1.14 bits per heavy atom. The molecule has 0 bridgehead atoms. The first-order valence-electron chi connectivity index (χ1n) is 9.78. The van der Waals surface area contributed by atoms with Crippen LogP contribution in [0.4, 0.5) is 0 Å². The molecule has 0 fully saturated rings. The van der Waals surface area contributed by atoms with Gasteiger partial charge >= 0.3 is 0 Å². The van der Waals surface area contributed by atoms with Crippen LogP contribution in [-0.4, -0.2) is 30.7 Å². The highest BCUT2D eigenvalue weighted by molar-refractivity contribution is 6.42. The van der Waals surface area contributed by atoms with Gasteiger partial charge in [-0.2, -0.15) is 0 Å². The van der Waals surface area contributed by atoms with E-state index < -0.39 is 0 Å². The fourth-order valence-corrected chi connectivity index (χ4v) is 4.34. The number of benzene rings is 1. The summed E-state index contributed by atoms with van der Waals surface area (Å²) >= 11 is 12.1. The summed E-state index contributed by atoms with van der Waals surface area (Å²) in [6.45, 7) is 1.55. The third-order valence-electron chi connectivity index (χ3n) is 5.63. The zero-order valence-electron chi connectivity index (χ0n) is 16.0. The molecule has 0 saturated heterocycles. The highest BCUT2D eigenvalue weighted by Gasteiger charge is 2.26. The van der Waals surface area contributed by atoms with Gasteiger partial charge in [-0.3, -0.25) is 0 Å². The summed E-state index contributed by atoms with van der Waals surface area (Å²) in [4.78, 5) is 2.47. The minimum Gasteiger partial charge on any atom is -0.490 e. The maximum atomic E-state index is 6.09. The van der Waals surface area contributed by atoms with Crippen LogP contribution >= 0.6 is 23.2 Å². The summed E-state index contributed by atoms with van der Waals surface area (Å²) in [5.41, 5.74) is 3.76. The Bertz CT molecular complexity index is 856. The number of hydrogen-bond donors (Lipinski definition) is 0. The highest BCUT2D eigenvalue weighted by Crippen LogP contribution is 2.34. The van der Waals surface area contributed by atoms with Gasteiger partial charge in [-0.05, 0) is 54.2 Å². The van der Waals surface area contributed by atoms with Crippen LogP contribution in [0.1, 0.15) is 31.2 Å². The third-order valence-corrected chi connectivity index (χ3v) is 6.37. The predicted octanol–water partition coefficient (Wildman–Crippen LogP) is 6.05. The topological polar surface area (TPSA) is 21.7 Å². The third kappa shape index (κ3) is 4.32. The molecule has 5 heteroatoms. The Kier molecular flexibility index (Phi) is 6.15. The molecule has 148 valence electrons. The normalized spacial score (nSPS) is 24.2. The summed E-state index contributed by atoms with van der Waals surface area (Å²) in [5.74, 6) is 0.854. The van der Waals surface area contributed by atoms with E-state index in [1.165, 1.54) is 17.6 Å². The number of halogens is 2.